The van der Waals surface area contributed by atoms with Gasteiger partial charge in [-0.25, -0.2) is 0 Å². The monoisotopic (exact) mass is 216 g/mol. The number of nitrogens with two attached hydrogens (primary N) is 2. The highest BCUT2D eigenvalue weighted by molar-refractivity contribution is 5.79. The molecule has 15 heavy (non-hydrogen) atoms. The molecule has 0 fully saturated rings. The summed E-state index contributed by atoms with van der Waals surface area (Å²) in [5, 5.41) is 3.12. The SMILES string of the molecule is CCCN(CC)CCNCC(N)C(N)=O. The third-order valence-electron chi connectivity index (χ3n) is 2.32. The van der Waals surface area contributed by atoms with Gasteiger partial charge in [0.15, 0.2) is 0 Å². The number of nitrogens with zero attached hydrogens (tertiary/aromatic N) is 1. The van der Waals surface area contributed by atoms with Crippen molar-refractivity contribution in [1.82, 2.24) is 10.2 Å². The van der Waals surface area contributed by atoms with Crippen molar-refractivity contribution in [3.05, 3.63) is 0 Å². The molecule has 0 aromatic rings. The summed E-state index contributed by atoms with van der Waals surface area (Å²) in [6, 6.07) is -0.578. The number of hydrogen-bond acceptors (Lipinski definition) is 4. The van der Waals surface area contributed by atoms with E-state index in [0.29, 0.717) is 6.54 Å². The Labute approximate surface area is 92.2 Å². The number of primary amides is 1. The summed E-state index contributed by atoms with van der Waals surface area (Å²) in [6.07, 6.45) is 1.16. The normalized spacial score (nSPS) is 13.1. The molecule has 0 aliphatic rings. The molecule has 0 spiro atoms. The molecule has 0 aliphatic heterocycles. The van der Waals surface area contributed by atoms with Crippen molar-refractivity contribution in [2.45, 2.75) is 26.3 Å². The first-order valence-corrected chi connectivity index (χ1v) is 5.59. The molecule has 5 N–H and O–H groups in total. The fourth-order valence-electron chi connectivity index (χ4n) is 1.34. The Kier molecular flexibility index (Phi) is 8.27. The number of amides is 1. The first kappa shape index (κ1) is 14.3. The second-order valence-corrected chi connectivity index (χ2v) is 3.65. The van der Waals surface area contributed by atoms with Crippen LogP contribution in [0, 0.1) is 0 Å². The van der Waals surface area contributed by atoms with Crippen molar-refractivity contribution < 1.29 is 4.79 Å². The minimum absolute atomic E-state index is 0.455. The first-order valence-electron chi connectivity index (χ1n) is 5.59. The summed E-state index contributed by atoms with van der Waals surface area (Å²) in [4.78, 5) is 13.0. The Hall–Kier alpha value is -0.650. The number of likely N-dealkylation sites (N-methyl/N-ethyl adjacent to an activating group) is 1. The molecule has 5 nitrogen and oxygen atoms in total. The molecular weight excluding hydrogens is 192 g/mol. The molecule has 0 heterocycles. The van der Waals surface area contributed by atoms with E-state index >= 15 is 0 Å². The highest BCUT2D eigenvalue weighted by Gasteiger charge is 2.07. The van der Waals surface area contributed by atoms with E-state index in [4.69, 9.17) is 11.5 Å². The molecule has 0 aromatic heterocycles. The van der Waals surface area contributed by atoms with E-state index in [1.807, 2.05) is 0 Å². The van der Waals surface area contributed by atoms with Crippen LogP contribution in [0.4, 0.5) is 0 Å². The maximum absolute atomic E-state index is 10.6. The maximum Gasteiger partial charge on any atom is 0.235 e. The van der Waals surface area contributed by atoms with E-state index in [9.17, 15) is 4.79 Å². The van der Waals surface area contributed by atoms with Crippen molar-refractivity contribution in [3.8, 4) is 0 Å². The maximum atomic E-state index is 10.6. The van der Waals surface area contributed by atoms with Gasteiger partial charge in [-0.1, -0.05) is 13.8 Å². The van der Waals surface area contributed by atoms with E-state index < -0.39 is 11.9 Å². The summed E-state index contributed by atoms with van der Waals surface area (Å²) in [5.74, 6) is -0.455. The lowest BCUT2D eigenvalue weighted by molar-refractivity contribution is -0.119. The lowest BCUT2D eigenvalue weighted by Gasteiger charge is -2.19. The van der Waals surface area contributed by atoms with Crippen molar-refractivity contribution in [2.75, 3.05) is 32.7 Å². The molecule has 1 unspecified atom stereocenters. The first-order chi connectivity index (χ1) is 7.11. The zero-order valence-corrected chi connectivity index (χ0v) is 9.83. The van der Waals surface area contributed by atoms with Gasteiger partial charge in [-0.15, -0.1) is 0 Å². The van der Waals surface area contributed by atoms with Crippen LogP contribution in [0.15, 0.2) is 0 Å². The van der Waals surface area contributed by atoms with Crippen molar-refractivity contribution in [1.29, 1.82) is 0 Å². The summed E-state index contributed by atoms with van der Waals surface area (Å²) >= 11 is 0. The van der Waals surface area contributed by atoms with Crippen LogP contribution in [-0.4, -0.2) is 49.6 Å². The summed E-state index contributed by atoms with van der Waals surface area (Å²) in [7, 11) is 0. The molecule has 0 aromatic carbocycles. The van der Waals surface area contributed by atoms with Crippen molar-refractivity contribution in [2.24, 2.45) is 11.5 Å². The number of nitrogens with one attached hydrogen (secondary N) is 1. The molecule has 90 valence electrons. The Morgan fingerprint density at radius 3 is 2.53 bits per heavy atom. The minimum atomic E-state index is -0.578. The van der Waals surface area contributed by atoms with Crippen LogP contribution in [0.5, 0.6) is 0 Å². The van der Waals surface area contributed by atoms with E-state index in [1.54, 1.807) is 0 Å². The third-order valence-corrected chi connectivity index (χ3v) is 2.32. The second-order valence-electron chi connectivity index (χ2n) is 3.65. The second kappa shape index (κ2) is 8.64. The van der Waals surface area contributed by atoms with Crippen LogP contribution in [0.1, 0.15) is 20.3 Å². The lowest BCUT2D eigenvalue weighted by Crippen LogP contribution is -2.45. The molecule has 0 aliphatic carbocycles. The number of rotatable bonds is 9. The molecule has 0 rings (SSSR count). The smallest absolute Gasteiger partial charge is 0.235 e. The predicted molar refractivity (Wildman–Crippen MR) is 62.4 cm³/mol. The van der Waals surface area contributed by atoms with Gasteiger partial charge in [0.05, 0.1) is 6.04 Å². The average molecular weight is 216 g/mol. The summed E-state index contributed by atoms with van der Waals surface area (Å²) < 4.78 is 0. The molecule has 5 heteroatoms. The fraction of sp³-hybridized carbons (Fsp3) is 0.900. The van der Waals surface area contributed by atoms with E-state index in [0.717, 1.165) is 32.6 Å². The van der Waals surface area contributed by atoms with Crippen LogP contribution < -0.4 is 16.8 Å². The van der Waals surface area contributed by atoms with Gasteiger partial charge in [0.1, 0.15) is 0 Å². The van der Waals surface area contributed by atoms with Gasteiger partial charge in [-0.3, -0.25) is 4.79 Å². The van der Waals surface area contributed by atoms with Crippen LogP contribution >= 0.6 is 0 Å². The lowest BCUT2D eigenvalue weighted by atomic mass is 10.3. The molecule has 0 bridgehead atoms. The van der Waals surface area contributed by atoms with Crippen LogP contribution in [0.2, 0.25) is 0 Å². The van der Waals surface area contributed by atoms with Crippen molar-refractivity contribution >= 4 is 5.91 Å². The van der Waals surface area contributed by atoms with Gasteiger partial charge in [0, 0.05) is 19.6 Å². The van der Waals surface area contributed by atoms with Gasteiger partial charge in [-0.2, -0.15) is 0 Å². The number of carbonyl (C=O) groups is 1. The molecule has 0 saturated carbocycles. The highest BCUT2D eigenvalue weighted by atomic mass is 16.1. The topological polar surface area (TPSA) is 84.4 Å². The predicted octanol–water partition coefficient (Wildman–Crippen LogP) is -0.879. The Morgan fingerprint density at radius 2 is 2.07 bits per heavy atom. The molecule has 0 radical (unpaired) electrons. The number of hydrogen-bond donors (Lipinski definition) is 3. The van der Waals surface area contributed by atoms with Gasteiger partial charge in [-0.05, 0) is 19.5 Å². The Morgan fingerprint density at radius 1 is 1.40 bits per heavy atom. The van der Waals surface area contributed by atoms with Gasteiger partial charge < -0.3 is 21.7 Å². The van der Waals surface area contributed by atoms with E-state index in [2.05, 4.69) is 24.1 Å². The van der Waals surface area contributed by atoms with Crippen LogP contribution in [-0.2, 0) is 4.79 Å². The Balaban J connectivity index is 3.47. The standard InChI is InChI=1S/C10H24N4O/c1-3-6-14(4-2)7-5-13-8-9(11)10(12)15/h9,13H,3-8,11H2,1-2H3,(H2,12,15). The minimum Gasteiger partial charge on any atom is -0.368 e. The molecule has 1 atom stereocenters. The van der Waals surface area contributed by atoms with E-state index in [-0.39, 0.29) is 0 Å². The van der Waals surface area contributed by atoms with Gasteiger partial charge >= 0.3 is 0 Å². The molecule has 1 amide bonds. The fourth-order valence-corrected chi connectivity index (χ4v) is 1.34. The third kappa shape index (κ3) is 7.30. The summed E-state index contributed by atoms with van der Waals surface area (Å²) in [6.45, 7) is 8.75. The largest absolute Gasteiger partial charge is 0.368 e. The van der Waals surface area contributed by atoms with Crippen LogP contribution in [0.25, 0.3) is 0 Å². The van der Waals surface area contributed by atoms with Crippen molar-refractivity contribution in [3.63, 3.8) is 0 Å². The molecular formula is C10H24N4O. The zero-order chi connectivity index (χ0) is 11.7. The number of carbonyl (C=O) groups excluding carboxylic acids is 1. The Bertz CT molecular complexity index is 175. The molecule has 0 saturated heterocycles. The van der Waals surface area contributed by atoms with Gasteiger partial charge in [0.2, 0.25) is 5.91 Å². The zero-order valence-electron chi connectivity index (χ0n) is 9.83. The average Bonchev–Trinajstić information content (AvgIpc) is 2.22. The van der Waals surface area contributed by atoms with E-state index in [1.165, 1.54) is 0 Å². The van der Waals surface area contributed by atoms with Gasteiger partial charge in [0.25, 0.3) is 0 Å². The van der Waals surface area contributed by atoms with Crippen LogP contribution in [0.3, 0.4) is 0 Å². The quantitative estimate of drug-likeness (QED) is 0.437. The highest BCUT2D eigenvalue weighted by Crippen LogP contribution is 1.88. The summed E-state index contributed by atoms with van der Waals surface area (Å²) in [5.41, 5.74) is 10.5.